The van der Waals surface area contributed by atoms with Crippen molar-refractivity contribution in [2.75, 3.05) is 27.2 Å². The monoisotopic (exact) mass is 323 g/mol. The summed E-state index contributed by atoms with van der Waals surface area (Å²) in [5, 5.41) is 0. The van der Waals surface area contributed by atoms with Crippen LogP contribution in [0.3, 0.4) is 0 Å². The summed E-state index contributed by atoms with van der Waals surface area (Å²) in [4.78, 5) is 2.45. The number of hydrogen-bond donors (Lipinski definition) is 0. The lowest BCUT2D eigenvalue weighted by atomic mass is 9.76. The number of benzene rings is 2. The average molecular weight is 323 g/mol. The van der Waals surface area contributed by atoms with Gasteiger partial charge in [-0.15, -0.1) is 0 Å². The van der Waals surface area contributed by atoms with Gasteiger partial charge in [0, 0.05) is 23.7 Å². The quantitative estimate of drug-likeness (QED) is 0.745. The second-order valence-corrected chi connectivity index (χ2v) is 6.84. The molecule has 4 aliphatic rings. The molecule has 5 heteroatoms. The smallest absolute Gasteiger partial charge is 0.231 e. The van der Waals surface area contributed by atoms with Gasteiger partial charge in [0.15, 0.2) is 23.0 Å². The van der Waals surface area contributed by atoms with E-state index in [1.807, 2.05) is 6.07 Å². The third-order valence-electron chi connectivity index (χ3n) is 5.68. The first kappa shape index (κ1) is 13.0. The molecular formula is C19H17NO4. The van der Waals surface area contributed by atoms with Crippen LogP contribution < -0.4 is 18.9 Å². The molecule has 2 aromatic rings. The van der Waals surface area contributed by atoms with Crippen molar-refractivity contribution >= 4 is 0 Å². The first-order valence-corrected chi connectivity index (χ1v) is 8.38. The van der Waals surface area contributed by atoms with Crippen molar-refractivity contribution in [3.8, 4) is 34.1 Å². The molecule has 0 saturated heterocycles. The van der Waals surface area contributed by atoms with E-state index in [4.69, 9.17) is 18.9 Å². The molecule has 0 fully saturated rings. The molecule has 122 valence electrons. The molecule has 0 spiro atoms. The minimum atomic E-state index is 0.281. The molecule has 0 bridgehead atoms. The van der Waals surface area contributed by atoms with E-state index < -0.39 is 0 Å². The number of hydrogen-bond acceptors (Lipinski definition) is 5. The summed E-state index contributed by atoms with van der Waals surface area (Å²) in [6.07, 6.45) is 2.02. The Kier molecular flexibility index (Phi) is 2.35. The van der Waals surface area contributed by atoms with Gasteiger partial charge in [-0.3, -0.25) is 4.90 Å². The molecule has 6 rings (SSSR count). The van der Waals surface area contributed by atoms with Crippen molar-refractivity contribution in [1.29, 1.82) is 0 Å². The number of rotatable bonds is 0. The van der Waals surface area contributed by atoms with Crippen LogP contribution in [0.1, 0.15) is 22.7 Å². The van der Waals surface area contributed by atoms with Crippen LogP contribution in [-0.4, -0.2) is 32.1 Å². The predicted octanol–water partition coefficient (Wildman–Crippen LogP) is 2.90. The minimum absolute atomic E-state index is 0.281. The second-order valence-electron chi connectivity index (χ2n) is 6.84. The summed E-state index contributed by atoms with van der Waals surface area (Å²) in [7, 11) is 2.21. The average Bonchev–Trinajstić information content (AvgIpc) is 3.25. The molecule has 1 aliphatic carbocycles. The molecule has 0 aromatic heterocycles. The normalized spacial score (nSPS) is 22.3. The molecule has 0 unspecified atom stereocenters. The number of fused-ring (bicyclic) bond motifs is 6. The van der Waals surface area contributed by atoms with Crippen LogP contribution in [0.25, 0.3) is 11.1 Å². The number of likely N-dealkylation sites (N-methyl/N-ethyl adjacent to an activating group) is 1. The predicted molar refractivity (Wildman–Crippen MR) is 86.9 cm³/mol. The van der Waals surface area contributed by atoms with Crippen molar-refractivity contribution < 1.29 is 18.9 Å². The molecule has 0 radical (unpaired) electrons. The van der Waals surface area contributed by atoms with E-state index in [9.17, 15) is 0 Å². The highest BCUT2D eigenvalue weighted by Crippen LogP contribution is 2.57. The lowest BCUT2D eigenvalue weighted by molar-refractivity contribution is 0.172. The molecule has 0 N–H and O–H groups in total. The van der Waals surface area contributed by atoms with Crippen LogP contribution in [0.5, 0.6) is 23.0 Å². The van der Waals surface area contributed by atoms with E-state index in [0.717, 1.165) is 53.5 Å². The fourth-order valence-corrected chi connectivity index (χ4v) is 4.54. The highest BCUT2D eigenvalue weighted by Gasteiger charge is 2.40. The largest absolute Gasteiger partial charge is 0.454 e. The maximum absolute atomic E-state index is 5.88. The van der Waals surface area contributed by atoms with Crippen molar-refractivity contribution in [2.24, 2.45) is 0 Å². The van der Waals surface area contributed by atoms with Gasteiger partial charge in [-0.2, -0.15) is 0 Å². The van der Waals surface area contributed by atoms with Crippen LogP contribution >= 0.6 is 0 Å². The van der Waals surface area contributed by atoms with Crippen molar-refractivity contribution in [3.63, 3.8) is 0 Å². The first-order chi connectivity index (χ1) is 11.8. The molecule has 0 amide bonds. The topological polar surface area (TPSA) is 40.2 Å². The van der Waals surface area contributed by atoms with Crippen LogP contribution in [0.4, 0.5) is 0 Å². The Bertz CT molecular complexity index is 892. The summed E-state index contributed by atoms with van der Waals surface area (Å²) in [5.74, 6) is 3.39. The molecular weight excluding hydrogens is 306 g/mol. The van der Waals surface area contributed by atoms with Crippen molar-refractivity contribution in [2.45, 2.75) is 18.9 Å². The summed E-state index contributed by atoms with van der Waals surface area (Å²) >= 11 is 0. The van der Waals surface area contributed by atoms with Gasteiger partial charge in [-0.25, -0.2) is 0 Å². The van der Waals surface area contributed by atoms with Crippen LogP contribution in [0.2, 0.25) is 0 Å². The van der Waals surface area contributed by atoms with Crippen LogP contribution in [-0.2, 0) is 12.8 Å². The fraction of sp³-hybridized carbons (Fsp3) is 0.368. The summed E-state index contributed by atoms with van der Waals surface area (Å²) in [6, 6.07) is 6.75. The summed E-state index contributed by atoms with van der Waals surface area (Å²) < 4.78 is 23.1. The zero-order valence-corrected chi connectivity index (χ0v) is 13.4. The Morgan fingerprint density at radius 2 is 1.71 bits per heavy atom. The van der Waals surface area contributed by atoms with E-state index in [-0.39, 0.29) is 13.6 Å². The minimum Gasteiger partial charge on any atom is -0.454 e. The van der Waals surface area contributed by atoms with Gasteiger partial charge in [0.05, 0.1) is 0 Å². The lowest BCUT2D eigenvalue weighted by Gasteiger charge is -2.40. The van der Waals surface area contributed by atoms with Crippen LogP contribution in [0, 0.1) is 0 Å². The van der Waals surface area contributed by atoms with E-state index in [1.54, 1.807) is 0 Å². The molecule has 3 aliphatic heterocycles. The Labute approximate surface area is 139 Å². The van der Waals surface area contributed by atoms with Crippen LogP contribution in [0.15, 0.2) is 18.2 Å². The van der Waals surface area contributed by atoms with Crippen molar-refractivity contribution in [1.82, 2.24) is 4.90 Å². The Morgan fingerprint density at radius 3 is 2.58 bits per heavy atom. The fourth-order valence-electron chi connectivity index (χ4n) is 4.54. The zero-order chi connectivity index (χ0) is 15.8. The lowest BCUT2D eigenvalue weighted by Crippen LogP contribution is -2.35. The molecule has 5 nitrogen and oxygen atoms in total. The Morgan fingerprint density at radius 1 is 0.917 bits per heavy atom. The summed E-state index contributed by atoms with van der Waals surface area (Å²) in [6.45, 7) is 1.63. The number of ether oxygens (including phenoxy) is 4. The van der Waals surface area contributed by atoms with Gasteiger partial charge in [-0.1, -0.05) is 6.07 Å². The standard InChI is InChI=1S/C19H17NO4/c1-20-5-4-11-7-14-19(24-9-22-14)17-15(11)12(20)6-10-2-3-13-18(16(10)17)23-8-21-13/h2-3,7,12H,4-6,8-9H2,1H3/t12-/m0/s1. The third kappa shape index (κ3) is 1.48. The van der Waals surface area contributed by atoms with Crippen molar-refractivity contribution in [3.05, 3.63) is 34.9 Å². The van der Waals surface area contributed by atoms with Gasteiger partial charge in [0.2, 0.25) is 13.6 Å². The van der Waals surface area contributed by atoms with Gasteiger partial charge in [0.25, 0.3) is 0 Å². The molecule has 0 saturated carbocycles. The maximum Gasteiger partial charge on any atom is 0.231 e. The molecule has 1 atom stereocenters. The maximum atomic E-state index is 5.88. The second kappa shape index (κ2) is 4.36. The van der Waals surface area contributed by atoms with Gasteiger partial charge in [0.1, 0.15) is 0 Å². The van der Waals surface area contributed by atoms with E-state index in [1.165, 1.54) is 16.7 Å². The molecule has 2 aromatic carbocycles. The van der Waals surface area contributed by atoms with E-state index >= 15 is 0 Å². The zero-order valence-electron chi connectivity index (χ0n) is 13.4. The highest BCUT2D eigenvalue weighted by molar-refractivity contribution is 5.89. The SMILES string of the molecule is CN1CCc2cc3c(c4c2[C@@H]1Cc1ccc2c(c1-4)OCO2)OCO3. The van der Waals surface area contributed by atoms with Gasteiger partial charge < -0.3 is 18.9 Å². The Hall–Kier alpha value is -2.40. The van der Waals surface area contributed by atoms with E-state index in [2.05, 4.69) is 24.1 Å². The summed E-state index contributed by atoms with van der Waals surface area (Å²) in [5.41, 5.74) is 6.33. The number of nitrogens with zero attached hydrogens (tertiary/aromatic N) is 1. The van der Waals surface area contributed by atoms with Gasteiger partial charge in [-0.05, 0) is 48.7 Å². The molecule has 3 heterocycles. The third-order valence-corrected chi connectivity index (χ3v) is 5.68. The van der Waals surface area contributed by atoms with E-state index in [0.29, 0.717) is 6.04 Å². The Balaban J connectivity index is 1.74. The molecule has 24 heavy (non-hydrogen) atoms. The van der Waals surface area contributed by atoms with Gasteiger partial charge >= 0.3 is 0 Å². The first-order valence-electron chi connectivity index (χ1n) is 8.38. The highest BCUT2D eigenvalue weighted by atomic mass is 16.7.